The predicted octanol–water partition coefficient (Wildman–Crippen LogP) is 1.13. The second-order valence-electron chi connectivity index (χ2n) is 4.06. The number of nitrogens with two attached hydrogens (primary N) is 1. The molecular formula is C13H13N5O2. The van der Waals surface area contributed by atoms with E-state index in [0.29, 0.717) is 11.3 Å². The number of aryl methyl sites for hydroxylation is 1. The van der Waals surface area contributed by atoms with Crippen molar-refractivity contribution in [2.24, 2.45) is 10.9 Å². The van der Waals surface area contributed by atoms with Crippen molar-refractivity contribution in [2.45, 2.75) is 6.92 Å². The minimum atomic E-state index is -0.353. The molecule has 2 rings (SSSR count). The summed E-state index contributed by atoms with van der Waals surface area (Å²) in [7, 11) is 0. The highest BCUT2D eigenvalue weighted by Crippen LogP contribution is 2.10. The third-order valence-corrected chi connectivity index (χ3v) is 2.56. The summed E-state index contributed by atoms with van der Waals surface area (Å²) in [6, 6.07) is 6.55. The molecule has 0 aliphatic rings. The number of hydrogen-bond donors (Lipinski definition) is 3. The molecule has 20 heavy (non-hydrogen) atoms. The molecule has 2 aromatic rings. The first-order valence-electron chi connectivity index (χ1n) is 5.78. The van der Waals surface area contributed by atoms with E-state index in [4.69, 9.17) is 10.9 Å². The van der Waals surface area contributed by atoms with E-state index >= 15 is 0 Å². The summed E-state index contributed by atoms with van der Waals surface area (Å²) in [5, 5.41) is 14.1. The lowest BCUT2D eigenvalue weighted by Crippen LogP contribution is -2.15. The maximum Gasteiger partial charge on any atom is 0.275 e. The summed E-state index contributed by atoms with van der Waals surface area (Å²) in [5.74, 6) is -0.346. The van der Waals surface area contributed by atoms with Crippen LogP contribution in [-0.4, -0.2) is 26.9 Å². The monoisotopic (exact) mass is 271 g/mol. The molecule has 0 saturated carbocycles. The standard InChI is InChI=1S/C13H13N5O2/c1-8-6-16-11(7-15-8)13(19)17-10-4-2-9(3-5-10)12(14)18-20/h2-7,20H,1H3,(H2,14,18)(H,17,19). The van der Waals surface area contributed by atoms with Gasteiger partial charge in [0.2, 0.25) is 0 Å². The van der Waals surface area contributed by atoms with Crippen molar-refractivity contribution in [2.75, 3.05) is 5.32 Å². The maximum atomic E-state index is 11.9. The molecule has 0 fully saturated rings. The summed E-state index contributed by atoms with van der Waals surface area (Å²) in [6.45, 7) is 1.79. The molecular weight excluding hydrogens is 258 g/mol. The fourth-order valence-corrected chi connectivity index (χ4v) is 1.49. The van der Waals surface area contributed by atoms with Gasteiger partial charge in [0.05, 0.1) is 11.9 Å². The first kappa shape index (κ1) is 13.5. The normalized spacial score (nSPS) is 11.2. The number of carbonyl (C=O) groups is 1. The Morgan fingerprint density at radius 2 is 1.95 bits per heavy atom. The summed E-state index contributed by atoms with van der Waals surface area (Å²) >= 11 is 0. The Morgan fingerprint density at radius 1 is 1.25 bits per heavy atom. The van der Waals surface area contributed by atoms with E-state index in [1.165, 1.54) is 12.4 Å². The van der Waals surface area contributed by atoms with Gasteiger partial charge < -0.3 is 16.3 Å². The Morgan fingerprint density at radius 3 is 2.50 bits per heavy atom. The lowest BCUT2D eigenvalue weighted by Gasteiger charge is -2.05. The lowest BCUT2D eigenvalue weighted by molar-refractivity contribution is 0.102. The number of amidine groups is 1. The topological polar surface area (TPSA) is 113 Å². The first-order valence-corrected chi connectivity index (χ1v) is 5.78. The Hall–Kier alpha value is -2.96. The van der Waals surface area contributed by atoms with Crippen LogP contribution in [0.25, 0.3) is 0 Å². The SMILES string of the molecule is Cc1cnc(C(=O)Nc2ccc(C(N)=NO)cc2)cn1. The van der Waals surface area contributed by atoms with Crippen LogP contribution < -0.4 is 11.1 Å². The fourth-order valence-electron chi connectivity index (χ4n) is 1.49. The number of benzene rings is 1. The van der Waals surface area contributed by atoms with Crippen LogP contribution in [0.3, 0.4) is 0 Å². The quantitative estimate of drug-likeness (QED) is 0.335. The van der Waals surface area contributed by atoms with Crippen LogP contribution in [0.4, 0.5) is 5.69 Å². The third kappa shape index (κ3) is 3.08. The molecule has 0 aliphatic carbocycles. The number of nitrogens with zero attached hydrogens (tertiary/aromatic N) is 3. The van der Waals surface area contributed by atoms with E-state index < -0.39 is 0 Å². The second kappa shape index (κ2) is 5.79. The van der Waals surface area contributed by atoms with Gasteiger partial charge in [0, 0.05) is 17.4 Å². The maximum absolute atomic E-state index is 11.9. The summed E-state index contributed by atoms with van der Waals surface area (Å²) < 4.78 is 0. The highest BCUT2D eigenvalue weighted by molar-refractivity contribution is 6.03. The predicted molar refractivity (Wildman–Crippen MR) is 73.7 cm³/mol. The molecule has 1 amide bonds. The summed E-state index contributed by atoms with van der Waals surface area (Å²) in [4.78, 5) is 19.9. The molecule has 0 aliphatic heterocycles. The number of aromatic nitrogens is 2. The average Bonchev–Trinajstić information content (AvgIpc) is 2.48. The smallest absolute Gasteiger partial charge is 0.275 e. The van der Waals surface area contributed by atoms with Crippen LogP contribution in [0.2, 0.25) is 0 Å². The van der Waals surface area contributed by atoms with Crippen molar-refractivity contribution < 1.29 is 10.0 Å². The molecule has 0 saturated heterocycles. The van der Waals surface area contributed by atoms with Crippen molar-refractivity contribution in [1.82, 2.24) is 9.97 Å². The number of nitrogens with one attached hydrogen (secondary N) is 1. The second-order valence-corrected chi connectivity index (χ2v) is 4.06. The number of carbonyl (C=O) groups excluding carboxylic acids is 1. The van der Waals surface area contributed by atoms with Gasteiger partial charge in [-0.3, -0.25) is 9.78 Å². The Bertz CT molecular complexity index is 635. The van der Waals surface area contributed by atoms with Gasteiger partial charge >= 0.3 is 0 Å². The fraction of sp³-hybridized carbons (Fsp3) is 0.0769. The Labute approximate surface area is 115 Å². The summed E-state index contributed by atoms with van der Waals surface area (Å²) in [5.41, 5.74) is 7.55. The van der Waals surface area contributed by atoms with E-state index in [2.05, 4.69) is 20.4 Å². The van der Waals surface area contributed by atoms with E-state index in [9.17, 15) is 4.79 Å². The minimum absolute atomic E-state index is 0.00674. The third-order valence-electron chi connectivity index (χ3n) is 2.56. The van der Waals surface area contributed by atoms with Gasteiger partial charge in [-0.2, -0.15) is 0 Å². The van der Waals surface area contributed by atoms with Crippen LogP contribution in [0.1, 0.15) is 21.7 Å². The van der Waals surface area contributed by atoms with E-state index in [-0.39, 0.29) is 17.4 Å². The van der Waals surface area contributed by atoms with Crippen molar-refractivity contribution in [3.63, 3.8) is 0 Å². The molecule has 1 heterocycles. The number of amides is 1. The molecule has 4 N–H and O–H groups in total. The van der Waals surface area contributed by atoms with Crippen molar-refractivity contribution in [1.29, 1.82) is 0 Å². The van der Waals surface area contributed by atoms with Gasteiger partial charge in [0.15, 0.2) is 5.84 Å². The van der Waals surface area contributed by atoms with E-state index in [0.717, 1.165) is 5.69 Å². The highest BCUT2D eigenvalue weighted by Gasteiger charge is 2.08. The molecule has 0 spiro atoms. The molecule has 7 nitrogen and oxygen atoms in total. The highest BCUT2D eigenvalue weighted by atomic mass is 16.4. The van der Waals surface area contributed by atoms with E-state index in [1.54, 1.807) is 31.2 Å². The zero-order valence-corrected chi connectivity index (χ0v) is 10.7. The zero-order valence-electron chi connectivity index (χ0n) is 10.7. The van der Waals surface area contributed by atoms with Crippen LogP contribution in [0, 0.1) is 6.92 Å². The van der Waals surface area contributed by atoms with Crippen molar-refractivity contribution >= 4 is 17.4 Å². The number of anilines is 1. The molecule has 7 heteroatoms. The van der Waals surface area contributed by atoms with Crippen LogP contribution >= 0.6 is 0 Å². The molecule has 102 valence electrons. The van der Waals surface area contributed by atoms with Gasteiger partial charge in [0.1, 0.15) is 5.69 Å². The Balaban J connectivity index is 2.10. The summed E-state index contributed by atoms with van der Waals surface area (Å²) in [6.07, 6.45) is 2.94. The molecule has 0 atom stereocenters. The van der Waals surface area contributed by atoms with Crippen LogP contribution in [-0.2, 0) is 0 Å². The molecule has 0 bridgehead atoms. The van der Waals surface area contributed by atoms with E-state index in [1.807, 2.05) is 0 Å². The van der Waals surface area contributed by atoms with Gasteiger partial charge in [-0.25, -0.2) is 4.98 Å². The van der Waals surface area contributed by atoms with Crippen LogP contribution in [0.15, 0.2) is 41.8 Å². The average molecular weight is 271 g/mol. The van der Waals surface area contributed by atoms with Crippen molar-refractivity contribution in [3.05, 3.63) is 53.6 Å². The van der Waals surface area contributed by atoms with Gasteiger partial charge in [-0.05, 0) is 31.2 Å². The molecule has 0 unspecified atom stereocenters. The van der Waals surface area contributed by atoms with Crippen LogP contribution in [0.5, 0.6) is 0 Å². The van der Waals surface area contributed by atoms with Gasteiger partial charge in [0.25, 0.3) is 5.91 Å². The zero-order chi connectivity index (χ0) is 14.5. The van der Waals surface area contributed by atoms with Crippen molar-refractivity contribution in [3.8, 4) is 0 Å². The Kier molecular flexibility index (Phi) is 3.90. The van der Waals surface area contributed by atoms with Gasteiger partial charge in [-0.1, -0.05) is 5.16 Å². The number of hydrogen-bond acceptors (Lipinski definition) is 5. The lowest BCUT2D eigenvalue weighted by atomic mass is 10.2. The molecule has 0 radical (unpaired) electrons. The first-order chi connectivity index (χ1) is 9.60. The number of rotatable bonds is 3. The minimum Gasteiger partial charge on any atom is -0.409 e. The number of oxime groups is 1. The van der Waals surface area contributed by atoms with Gasteiger partial charge in [-0.15, -0.1) is 0 Å². The molecule has 1 aromatic heterocycles. The largest absolute Gasteiger partial charge is 0.409 e. The molecule has 1 aromatic carbocycles.